The summed E-state index contributed by atoms with van der Waals surface area (Å²) >= 11 is 0. The van der Waals surface area contributed by atoms with E-state index in [0.717, 1.165) is 24.8 Å². The Labute approximate surface area is 136 Å². The smallest absolute Gasteiger partial charge is 0.299 e. The van der Waals surface area contributed by atoms with E-state index in [4.69, 9.17) is 10.9 Å². The molecule has 0 unspecified atom stereocenters. The minimum absolute atomic E-state index is 0.0435. The number of hydrogen-bond donors (Lipinski definition) is 3. The number of rotatable bonds is 4. The number of nitrogens with zero attached hydrogens (tertiary/aromatic N) is 1. The quantitative estimate of drug-likeness (QED) is 0.743. The number of carbonyl (C=O) groups is 1. The fourth-order valence-corrected chi connectivity index (χ4v) is 4.38. The minimum atomic E-state index is -3.79. The first-order valence-electron chi connectivity index (χ1n) is 7.84. The molecule has 1 fully saturated rings. The molecule has 23 heavy (non-hydrogen) atoms. The first kappa shape index (κ1) is 16.2. The van der Waals surface area contributed by atoms with Crippen molar-refractivity contribution in [3.8, 4) is 0 Å². The molecule has 1 aliphatic carbocycles. The second-order valence-corrected chi connectivity index (χ2v) is 7.70. The van der Waals surface area contributed by atoms with Gasteiger partial charge in [-0.1, -0.05) is 12.5 Å². The van der Waals surface area contributed by atoms with Crippen molar-refractivity contribution in [3.05, 3.63) is 23.8 Å². The van der Waals surface area contributed by atoms with Crippen LogP contribution in [0.4, 0.5) is 11.4 Å². The number of anilines is 2. The Morgan fingerprint density at radius 1 is 1.35 bits per heavy atom. The highest BCUT2D eigenvalue weighted by atomic mass is 32.2. The first-order valence-corrected chi connectivity index (χ1v) is 9.35. The molecule has 0 spiro atoms. The van der Waals surface area contributed by atoms with Gasteiger partial charge >= 0.3 is 0 Å². The van der Waals surface area contributed by atoms with Crippen LogP contribution in [0.15, 0.2) is 18.2 Å². The van der Waals surface area contributed by atoms with E-state index in [9.17, 15) is 13.2 Å². The molecule has 1 aromatic carbocycles. The van der Waals surface area contributed by atoms with Crippen LogP contribution in [0.3, 0.4) is 0 Å². The summed E-state index contributed by atoms with van der Waals surface area (Å²) in [6.45, 7) is 0.852. The summed E-state index contributed by atoms with van der Waals surface area (Å²) in [6, 6.07) is 5.32. The number of carbonyl (C=O) groups excluding carboxylic acids is 1. The maximum atomic E-state index is 12.4. The largest absolute Gasteiger partial charge is 0.330 e. The molecule has 0 radical (unpaired) electrons. The third-order valence-corrected chi connectivity index (χ3v) is 5.81. The second-order valence-electron chi connectivity index (χ2n) is 6.23. The van der Waals surface area contributed by atoms with E-state index in [1.807, 2.05) is 6.07 Å². The molecule has 126 valence electrons. The third-order valence-electron chi connectivity index (χ3n) is 4.81. The van der Waals surface area contributed by atoms with Crippen molar-refractivity contribution in [2.24, 2.45) is 22.7 Å². The van der Waals surface area contributed by atoms with Gasteiger partial charge in [-0.15, -0.1) is 0 Å². The van der Waals surface area contributed by atoms with E-state index in [-0.39, 0.29) is 17.7 Å². The lowest BCUT2D eigenvalue weighted by Gasteiger charge is -2.19. The lowest BCUT2D eigenvalue weighted by Crippen LogP contribution is -2.35. The van der Waals surface area contributed by atoms with E-state index in [1.54, 1.807) is 12.1 Å². The number of fused-ring (bicyclic) bond motifs is 1. The lowest BCUT2D eigenvalue weighted by atomic mass is 9.95. The summed E-state index contributed by atoms with van der Waals surface area (Å²) in [5, 5.41) is 8.13. The van der Waals surface area contributed by atoms with Gasteiger partial charge in [0.25, 0.3) is 10.2 Å². The van der Waals surface area contributed by atoms with E-state index < -0.39 is 10.2 Å². The standard InChI is InChI=1S/C15H22N4O3S/c16-9-11-2-1-3-13(11)15(20)18-12-5-4-10-6-7-19(14(10)8-12)23(17,21)22/h4-5,8,11,13H,1-3,6-7,9,16H2,(H,18,20)(H2,17,21,22)/t11-,13-/m1/s1. The fourth-order valence-electron chi connectivity index (χ4n) is 3.59. The molecule has 1 aliphatic heterocycles. The predicted octanol–water partition coefficient (Wildman–Crippen LogP) is 0.566. The third kappa shape index (κ3) is 3.19. The summed E-state index contributed by atoms with van der Waals surface area (Å²) < 4.78 is 24.4. The Morgan fingerprint density at radius 3 is 2.83 bits per heavy atom. The van der Waals surface area contributed by atoms with Gasteiger partial charge in [0.15, 0.2) is 0 Å². The van der Waals surface area contributed by atoms with Gasteiger partial charge in [-0.3, -0.25) is 9.10 Å². The van der Waals surface area contributed by atoms with Gasteiger partial charge in [0.2, 0.25) is 5.91 Å². The van der Waals surface area contributed by atoms with Crippen molar-refractivity contribution in [2.45, 2.75) is 25.7 Å². The Balaban J connectivity index is 1.79. The predicted molar refractivity (Wildman–Crippen MR) is 89.1 cm³/mol. The monoisotopic (exact) mass is 338 g/mol. The second kappa shape index (κ2) is 6.10. The molecule has 3 rings (SSSR count). The Hall–Kier alpha value is -1.64. The van der Waals surface area contributed by atoms with Gasteiger partial charge in [0, 0.05) is 18.2 Å². The van der Waals surface area contributed by atoms with Gasteiger partial charge in [-0.2, -0.15) is 8.42 Å². The normalized spacial score (nSPS) is 23.8. The van der Waals surface area contributed by atoms with Gasteiger partial charge in [0.05, 0.1) is 5.69 Å². The molecule has 1 amide bonds. The van der Waals surface area contributed by atoms with E-state index in [0.29, 0.717) is 30.9 Å². The highest BCUT2D eigenvalue weighted by molar-refractivity contribution is 7.90. The fraction of sp³-hybridized carbons (Fsp3) is 0.533. The summed E-state index contributed by atoms with van der Waals surface area (Å²) in [7, 11) is -3.79. The summed E-state index contributed by atoms with van der Waals surface area (Å²) in [4.78, 5) is 12.4. The van der Waals surface area contributed by atoms with Crippen molar-refractivity contribution in [3.63, 3.8) is 0 Å². The van der Waals surface area contributed by atoms with Crippen molar-refractivity contribution in [2.75, 3.05) is 22.7 Å². The number of hydrogen-bond acceptors (Lipinski definition) is 4. The lowest BCUT2D eigenvalue weighted by molar-refractivity contribution is -0.120. The van der Waals surface area contributed by atoms with Crippen molar-refractivity contribution in [1.82, 2.24) is 0 Å². The van der Waals surface area contributed by atoms with Gasteiger partial charge in [-0.25, -0.2) is 5.14 Å². The van der Waals surface area contributed by atoms with Crippen LogP contribution in [-0.4, -0.2) is 27.4 Å². The SMILES string of the molecule is NC[C@H]1CCC[C@H]1C(=O)Nc1ccc2c(c1)N(S(N)(=O)=O)CC2. The molecule has 2 aliphatic rings. The van der Waals surface area contributed by atoms with E-state index >= 15 is 0 Å². The average molecular weight is 338 g/mol. The number of nitrogens with two attached hydrogens (primary N) is 2. The van der Waals surface area contributed by atoms with Crippen LogP contribution in [-0.2, 0) is 21.4 Å². The van der Waals surface area contributed by atoms with Crippen molar-refractivity contribution in [1.29, 1.82) is 0 Å². The molecule has 7 nitrogen and oxygen atoms in total. The Bertz CT molecular complexity index is 719. The van der Waals surface area contributed by atoms with E-state index in [1.165, 1.54) is 4.31 Å². The van der Waals surface area contributed by atoms with Gasteiger partial charge in [-0.05, 0) is 49.4 Å². The minimum Gasteiger partial charge on any atom is -0.330 e. The van der Waals surface area contributed by atoms with Crippen LogP contribution >= 0.6 is 0 Å². The Morgan fingerprint density at radius 2 is 2.13 bits per heavy atom. The molecule has 1 aromatic rings. The molecule has 0 saturated heterocycles. The summed E-state index contributed by atoms with van der Waals surface area (Å²) in [5.74, 6) is 0.117. The zero-order chi connectivity index (χ0) is 16.6. The molecule has 1 saturated carbocycles. The first-order chi connectivity index (χ1) is 10.9. The van der Waals surface area contributed by atoms with Crippen LogP contribution in [0.25, 0.3) is 0 Å². The molecular weight excluding hydrogens is 316 g/mol. The molecule has 2 atom stereocenters. The highest BCUT2D eigenvalue weighted by Gasteiger charge is 2.32. The van der Waals surface area contributed by atoms with Crippen LogP contribution in [0, 0.1) is 11.8 Å². The van der Waals surface area contributed by atoms with Gasteiger partial charge in [0.1, 0.15) is 0 Å². The number of amides is 1. The molecular formula is C15H22N4O3S. The van der Waals surface area contributed by atoms with Gasteiger partial charge < -0.3 is 11.1 Å². The van der Waals surface area contributed by atoms with Crippen LogP contribution in [0.2, 0.25) is 0 Å². The summed E-state index contributed by atoms with van der Waals surface area (Å²) in [5.41, 5.74) is 7.78. The van der Waals surface area contributed by atoms with Crippen LogP contribution < -0.4 is 20.5 Å². The van der Waals surface area contributed by atoms with Crippen LogP contribution in [0.1, 0.15) is 24.8 Å². The summed E-state index contributed by atoms with van der Waals surface area (Å²) in [6.07, 6.45) is 3.47. The van der Waals surface area contributed by atoms with Crippen molar-refractivity contribution >= 4 is 27.5 Å². The van der Waals surface area contributed by atoms with Crippen LogP contribution in [0.5, 0.6) is 0 Å². The maximum absolute atomic E-state index is 12.4. The maximum Gasteiger partial charge on any atom is 0.299 e. The highest BCUT2D eigenvalue weighted by Crippen LogP contribution is 2.34. The average Bonchev–Trinajstić information content (AvgIpc) is 3.12. The molecule has 8 heteroatoms. The van der Waals surface area contributed by atoms with Crippen molar-refractivity contribution < 1.29 is 13.2 Å². The number of benzene rings is 1. The molecule has 1 heterocycles. The Kier molecular flexibility index (Phi) is 4.31. The number of nitrogens with one attached hydrogen (secondary N) is 1. The molecule has 0 bridgehead atoms. The zero-order valence-electron chi connectivity index (χ0n) is 12.9. The zero-order valence-corrected chi connectivity index (χ0v) is 13.7. The topological polar surface area (TPSA) is 119 Å². The molecule has 5 N–H and O–H groups in total. The molecule has 0 aromatic heterocycles. The van der Waals surface area contributed by atoms with E-state index in [2.05, 4.69) is 5.32 Å².